The smallest absolute Gasteiger partial charge is 0.261 e. The Hall–Kier alpha value is -0.590. The summed E-state index contributed by atoms with van der Waals surface area (Å²) < 4.78 is 7.07. The Labute approximate surface area is 126 Å². The molecule has 0 bridgehead atoms. The summed E-state index contributed by atoms with van der Waals surface area (Å²) >= 11 is 8.15. The maximum Gasteiger partial charge on any atom is 0.261 e. The Morgan fingerprint density at radius 2 is 2.33 bits per heavy atom. The van der Waals surface area contributed by atoms with Crippen LogP contribution in [-0.2, 0) is 6.42 Å². The van der Waals surface area contributed by atoms with Gasteiger partial charge >= 0.3 is 0 Å². The highest BCUT2D eigenvalue weighted by Gasteiger charge is 2.15. The number of carbonyl (C=O) groups excluding carboxylic acids is 1. The highest BCUT2D eigenvalue weighted by Crippen LogP contribution is 2.32. The van der Waals surface area contributed by atoms with Gasteiger partial charge in [0.1, 0.15) is 5.76 Å². The minimum Gasteiger partial charge on any atom is -0.469 e. The summed E-state index contributed by atoms with van der Waals surface area (Å²) in [5.41, 5.74) is 0. The van der Waals surface area contributed by atoms with E-state index in [1.165, 1.54) is 11.3 Å². The van der Waals surface area contributed by atoms with Crippen LogP contribution in [0.15, 0.2) is 37.1 Å². The molecule has 0 radical (unpaired) electrons. The molecule has 96 valence electrons. The fraction of sp³-hybridized carbons (Fsp3) is 0.250. The maximum atomic E-state index is 12.0. The molecule has 1 atom stereocenters. The number of nitrogens with one attached hydrogen (secondary N) is 1. The zero-order valence-corrected chi connectivity index (χ0v) is 13.6. The minimum atomic E-state index is -0.0644. The van der Waals surface area contributed by atoms with Gasteiger partial charge in [-0.05, 0) is 57.0 Å². The molecular formula is C12H11Br2NO2S. The van der Waals surface area contributed by atoms with Crippen LogP contribution < -0.4 is 5.32 Å². The highest BCUT2D eigenvalue weighted by molar-refractivity contribution is 9.13. The molecule has 0 aromatic carbocycles. The molecule has 0 fully saturated rings. The van der Waals surface area contributed by atoms with Crippen molar-refractivity contribution in [3.63, 3.8) is 0 Å². The number of hydrogen-bond acceptors (Lipinski definition) is 3. The number of furan rings is 1. The zero-order valence-electron chi connectivity index (χ0n) is 9.57. The van der Waals surface area contributed by atoms with Gasteiger partial charge in [0, 0.05) is 16.9 Å². The predicted octanol–water partition coefficient (Wildman–Crippen LogP) is 4.23. The first-order chi connectivity index (χ1) is 8.56. The fourth-order valence-corrected chi connectivity index (χ4v) is 3.47. The van der Waals surface area contributed by atoms with Gasteiger partial charge in [-0.3, -0.25) is 4.79 Å². The Balaban J connectivity index is 1.94. The van der Waals surface area contributed by atoms with Crippen molar-refractivity contribution >= 4 is 49.1 Å². The van der Waals surface area contributed by atoms with E-state index in [9.17, 15) is 4.79 Å². The van der Waals surface area contributed by atoms with Crippen molar-refractivity contribution in [3.8, 4) is 0 Å². The van der Waals surface area contributed by atoms with Gasteiger partial charge < -0.3 is 9.73 Å². The summed E-state index contributed by atoms with van der Waals surface area (Å²) in [4.78, 5) is 12.7. The van der Waals surface area contributed by atoms with Gasteiger partial charge in [0.15, 0.2) is 0 Å². The first kappa shape index (κ1) is 13.8. The van der Waals surface area contributed by atoms with Crippen molar-refractivity contribution < 1.29 is 9.21 Å². The molecule has 2 aromatic heterocycles. The van der Waals surface area contributed by atoms with E-state index in [4.69, 9.17) is 4.42 Å². The molecule has 1 unspecified atom stereocenters. The standard InChI is InChI=1S/C12H11Br2NO2S/c1-7(5-8-3-2-4-17-8)15-12(16)10-6-9(13)11(14)18-10/h2-4,6-7H,5H2,1H3,(H,15,16). The molecule has 2 aromatic rings. The third kappa shape index (κ3) is 3.46. The Morgan fingerprint density at radius 3 is 2.89 bits per heavy atom. The van der Waals surface area contributed by atoms with Crippen molar-refractivity contribution in [2.75, 3.05) is 0 Å². The predicted molar refractivity (Wildman–Crippen MR) is 79.1 cm³/mol. The normalized spacial score (nSPS) is 12.4. The summed E-state index contributed by atoms with van der Waals surface area (Å²) in [7, 11) is 0. The lowest BCUT2D eigenvalue weighted by atomic mass is 10.2. The number of thiophene rings is 1. The molecular weight excluding hydrogens is 382 g/mol. The topological polar surface area (TPSA) is 42.2 Å². The lowest BCUT2D eigenvalue weighted by Gasteiger charge is -2.11. The molecule has 0 saturated heterocycles. The van der Waals surface area contributed by atoms with Crippen LogP contribution in [0.2, 0.25) is 0 Å². The van der Waals surface area contributed by atoms with Crippen molar-refractivity contribution in [1.29, 1.82) is 0 Å². The van der Waals surface area contributed by atoms with Gasteiger partial charge in [0.25, 0.3) is 5.91 Å². The summed E-state index contributed by atoms with van der Waals surface area (Å²) in [5, 5.41) is 2.94. The van der Waals surface area contributed by atoms with Crippen molar-refractivity contribution in [1.82, 2.24) is 5.32 Å². The highest BCUT2D eigenvalue weighted by atomic mass is 79.9. The second-order valence-electron chi connectivity index (χ2n) is 3.89. The van der Waals surface area contributed by atoms with Crippen LogP contribution in [0.1, 0.15) is 22.4 Å². The molecule has 1 N–H and O–H groups in total. The number of rotatable bonds is 4. The average molecular weight is 393 g/mol. The van der Waals surface area contributed by atoms with Crippen molar-refractivity contribution in [2.45, 2.75) is 19.4 Å². The number of halogens is 2. The fourth-order valence-electron chi connectivity index (χ4n) is 1.53. The zero-order chi connectivity index (χ0) is 13.1. The van der Waals surface area contributed by atoms with E-state index < -0.39 is 0 Å². The second-order valence-corrected chi connectivity index (χ2v) is 7.11. The molecule has 0 aliphatic carbocycles. The molecule has 1 amide bonds. The molecule has 0 spiro atoms. The van der Waals surface area contributed by atoms with E-state index in [0.717, 1.165) is 14.0 Å². The number of carbonyl (C=O) groups is 1. The van der Waals surface area contributed by atoms with Gasteiger partial charge in [0.2, 0.25) is 0 Å². The minimum absolute atomic E-state index is 0.0308. The van der Waals surface area contributed by atoms with E-state index >= 15 is 0 Å². The SMILES string of the molecule is CC(Cc1ccco1)NC(=O)c1cc(Br)c(Br)s1. The number of amides is 1. The van der Waals surface area contributed by atoms with Gasteiger partial charge in [-0.1, -0.05) is 0 Å². The van der Waals surface area contributed by atoms with Crippen LogP contribution in [0, 0.1) is 0 Å². The molecule has 3 nitrogen and oxygen atoms in total. The van der Waals surface area contributed by atoms with Gasteiger partial charge in [-0.15, -0.1) is 11.3 Å². The average Bonchev–Trinajstić information content (AvgIpc) is 2.90. The van der Waals surface area contributed by atoms with E-state index in [1.807, 2.05) is 25.1 Å². The summed E-state index contributed by atoms with van der Waals surface area (Å²) in [6.45, 7) is 1.96. The first-order valence-electron chi connectivity index (χ1n) is 5.34. The maximum absolute atomic E-state index is 12.0. The third-order valence-electron chi connectivity index (χ3n) is 2.33. The third-order valence-corrected chi connectivity index (χ3v) is 5.59. The largest absolute Gasteiger partial charge is 0.469 e. The van der Waals surface area contributed by atoms with Crippen molar-refractivity contribution in [2.24, 2.45) is 0 Å². The van der Waals surface area contributed by atoms with Gasteiger partial charge in [-0.25, -0.2) is 0 Å². The Morgan fingerprint density at radius 1 is 1.56 bits per heavy atom. The monoisotopic (exact) mass is 391 g/mol. The first-order valence-corrected chi connectivity index (χ1v) is 7.74. The molecule has 2 rings (SSSR count). The molecule has 0 aliphatic rings. The van der Waals surface area contributed by atoms with Crippen LogP contribution in [0.3, 0.4) is 0 Å². The van der Waals surface area contributed by atoms with Gasteiger partial charge in [0.05, 0.1) is 14.9 Å². The Bertz CT molecular complexity index is 517. The summed E-state index contributed by atoms with van der Waals surface area (Å²) in [6.07, 6.45) is 2.32. The molecule has 2 heterocycles. The van der Waals surface area contributed by atoms with E-state index in [1.54, 1.807) is 6.26 Å². The van der Waals surface area contributed by atoms with Crippen LogP contribution >= 0.6 is 43.2 Å². The van der Waals surface area contributed by atoms with Crippen molar-refractivity contribution in [3.05, 3.63) is 43.4 Å². The van der Waals surface area contributed by atoms with Crippen LogP contribution in [0.5, 0.6) is 0 Å². The van der Waals surface area contributed by atoms with E-state index in [-0.39, 0.29) is 11.9 Å². The summed E-state index contributed by atoms with van der Waals surface area (Å²) in [6, 6.07) is 5.59. The Kier molecular flexibility index (Phi) is 4.64. The lowest BCUT2D eigenvalue weighted by Crippen LogP contribution is -2.33. The van der Waals surface area contributed by atoms with E-state index in [2.05, 4.69) is 37.2 Å². The number of hydrogen-bond donors (Lipinski definition) is 1. The van der Waals surface area contributed by atoms with Gasteiger partial charge in [-0.2, -0.15) is 0 Å². The van der Waals surface area contributed by atoms with Crippen LogP contribution in [-0.4, -0.2) is 11.9 Å². The van der Waals surface area contributed by atoms with Crippen LogP contribution in [0.25, 0.3) is 0 Å². The molecule has 18 heavy (non-hydrogen) atoms. The van der Waals surface area contributed by atoms with Crippen LogP contribution in [0.4, 0.5) is 0 Å². The lowest BCUT2D eigenvalue weighted by molar-refractivity contribution is 0.0943. The quantitative estimate of drug-likeness (QED) is 0.845. The second kappa shape index (κ2) is 6.04. The summed E-state index contributed by atoms with van der Waals surface area (Å²) in [5.74, 6) is 0.807. The van der Waals surface area contributed by atoms with E-state index in [0.29, 0.717) is 11.3 Å². The molecule has 6 heteroatoms. The molecule has 0 saturated carbocycles. The molecule has 0 aliphatic heterocycles.